The van der Waals surface area contributed by atoms with Crippen molar-refractivity contribution in [3.05, 3.63) is 54.1 Å². The van der Waals surface area contributed by atoms with Crippen LogP contribution in [0.3, 0.4) is 0 Å². The molecule has 1 fully saturated rings. The van der Waals surface area contributed by atoms with E-state index < -0.39 is 0 Å². The number of furan rings is 1. The van der Waals surface area contributed by atoms with Crippen LogP contribution in [-0.2, 0) is 22.5 Å². The highest BCUT2D eigenvalue weighted by molar-refractivity contribution is 5.91. The van der Waals surface area contributed by atoms with Crippen molar-refractivity contribution in [2.75, 3.05) is 31.6 Å². The molecule has 0 spiro atoms. The third-order valence-corrected chi connectivity index (χ3v) is 4.56. The number of aryl methyl sites for hydroxylation is 1. The highest BCUT2D eigenvalue weighted by Gasteiger charge is 2.15. The van der Waals surface area contributed by atoms with E-state index in [9.17, 15) is 4.79 Å². The van der Waals surface area contributed by atoms with Gasteiger partial charge in [-0.15, -0.1) is 0 Å². The Labute approximate surface area is 162 Å². The van der Waals surface area contributed by atoms with Crippen molar-refractivity contribution in [2.45, 2.75) is 19.4 Å². The summed E-state index contributed by atoms with van der Waals surface area (Å²) < 4.78 is 15.8. The second-order valence-corrected chi connectivity index (χ2v) is 6.58. The SMILES string of the molecule is O=C(CCc1nc(-c2ccco2)no1)Nc1ccccc1CN1CCOCC1. The number of aromatic nitrogens is 2. The van der Waals surface area contributed by atoms with Crippen molar-refractivity contribution < 1.29 is 18.5 Å². The number of carbonyl (C=O) groups excluding carboxylic acids is 1. The molecule has 0 atom stereocenters. The van der Waals surface area contributed by atoms with E-state index in [1.54, 1.807) is 18.4 Å². The van der Waals surface area contributed by atoms with Gasteiger partial charge in [-0.2, -0.15) is 4.98 Å². The van der Waals surface area contributed by atoms with Crippen molar-refractivity contribution in [1.29, 1.82) is 0 Å². The van der Waals surface area contributed by atoms with Gasteiger partial charge in [0.05, 0.1) is 19.5 Å². The first-order chi connectivity index (χ1) is 13.8. The molecule has 0 radical (unpaired) electrons. The van der Waals surface area contributed by atoms with Crippen LogP contribution < -0.4 is 5.32 Å². The van der Waals surface area contributed by atoms with Gasteiger partial charge in [0.25, 0.3) is 0 Å². The zero-order valence-electron chi connectivity index (χ0n) is 15.5. The molecular formula is C20H22N4O4. The van der Waals surface area contributed by atoms with Crippen LogP contribution in [0.2, 0.25) is 0 Å². The third kappa shape index (κ3) is 4.65. The van der Waals surface area contributed by atoms with E-state index >= 15 is 0 Å². The zero-order chi connectivity index (χ0) is 19.2. The fourth-order valence-electron chi connectivity index (χ4n) is 3.08. The van der Waals surface area contributed by atoms with Gasteiger partial charge >= 0.3 is 0 Å². The molecule has 2 aromatic heterocycles. The van der Waals surface area contributed by atoms with Crippen LogP contribution in [0.4, 0.5) is 5.69 Å². The highest BCUT2D eigenvalue weighted by Crippen LogP contribution is 2.19. The zero-order valence-corrected chi connectivity index (χ0v) is 15.5. The van der Waals surface area contributed by atoms with Crippen LogP contribution >= 0.6 is 0 Å². The topological polar surface area (TPSA) is 93.6 Å². The Kier molecular flexibility index (Phi) is 5.79. The Bertz CT molecular complexity index is 901. The molecule has 4 rings (SSSR count). The van der Waals surface area contributed by atoms with Gasteiger partial charge in [0.2, 0.25) is 17.6 Å². The summed E-state index contributed by atoms with van der Waals surface area (Å²) >= 11 is 0. The number of morpholine rings is 1. The summed E-state index contributed by atoms with van der Waals surface area (Å²) in [4.78, 5) is 19.0. The summed E-state index contributed by atoms with van der Waals surface area (Å²) in [6.45, 7) is 4.09. The first-order valence-corrected chi connectivity index (χ1v) is 9.32. The predicted octanol–water partition coefficient (Wildman–Crippen LogP) is 2.73. The number of amides is 1. The van der Waals surface area contributed by atoms with E-state index in [1.807, 2.05) is 24.3 Å². The Morgan fingerprint density at radius 3 is 2.82 bits per heavy atom. The minimum absolute atomic E-state index is 0.0906. The first-order valence-electron chi connectivity index (χ1n) is 9.32. The van der Waals surface area contributed by atoms with E-state index in [4.69, 9.17) is 13.7 Å². The third-order valence-electron chi connectivity index (χ3n) is 4.56. The Balaban J connectivity index is 1.32. The smallest absolute Gasteiger partial charge is 0.238 e. The van der Waals surface area contributed by atoms with Gasteiger partial charge in [-0.25, -0.2) is 0 Å². The maximum Gasteiger partial charge on any atom is 0.238 e. The fourth-order valence-corrected chi connectivity index (χ4v) is 3.08. The Hall–Kier alpha value is -2.97. The van der Waals surface area contributed by atoms with Crippen molar-refractivity contribution >= 4 is 11.6 Å². The monoisotopic (exact) mass is 382 g/mol. The van der Waals surface area contributed by atoms with Crippen molar-refractivity contribution in [2.24, 2.45) is 0 Å². The standard InChI is InChI=1S/C20H22N4O4/c25-18(7-8-19-22-20(23-28-19)17-6-3-11-27-17)21-16-5-2-1-4-15(16)14-24-9-12-26-13-10-24/h1-6,11H,7-10,12-14H2,(H,21,25). The number of hydrogen-bond donors (Lipinski definition) is 1. The second kappa shape index (κ2) is 8.81. The van der Waals surface area contributed by atoms with Crippen molar-refractivity contribution in [1.82, 2.24) is 15.0 Å². The lowest BCUT2D eigenvalue weighted by Crippen LogP contribution is -2.35. The minimum Gasteiger partial charge on any atom is -0.461 e. The van der Waals surface area contributed by atoms with Gasteiger partial charge in [-0.05, 0) is 23.8 Å². The molecule has 1 N–H and O–H groups in total. The maximum atomic E-state index is 12.4. The lowest BCUT2D eigenvalue weighted by Gasteiger charge is -2.27. The molecular weight excluding hydrogens is 360 g/mol. The van der Waals surface area contributed by atoms with E-state index in [2.05, 4.69) is 20.4 Å². The average molecular weight is 382 g/mol. The molecule has 28 heavy (non-hydrogen) atoms. The Morgan fingerprint density at radius 1 is 1.14 bits per heavy atom. The fraction of sp³-hybridized carbons (Fsp3) is 0.350. The number of hydrogen-bond acceptors (Lipinski definition) is 7. The highest BCUT2D eigenvalue weighted by atomic mass is 16.5. The molecule has 1 aliphatic heterocycles. The molecule has 1 aromatic carbocycles. The number of ether oxygens (including phenoxy) is 1. The molecule has 0 aliphatic carbocycles. The Morgan fingerprint density at radius 2 is 2.00 bits per heavy atom. The number of nitrogens with zero attached hydrogens (tertiary/aromatic N) is 3. The second-order valence-electron chi connectivity index (χ2n) is 6.58. The van der Waals surface area contributed by atoms with E-state index in [0.717, 1.165) is 44.1 Å². The first kappa shape index (κ1) is 18.4. The van der Waals surface area contributed by atoms with Gasteiger partial charge < -0.3 is 19.0 Å². The molecule has 3 heterocycles. The van der Waals surface area contributed by atoms with Crippen LogP contribution in [0.25, 0.3) is 11.6 Å². The number of carbonyl (C=O) groups is 1. The summed E-state index contributed by atoms with van der Waals surface area (Å²) in [6, 6.07) is 11.4. The lowest BCUT2D eigenvalue weighted by atomic mass is 10.1. The predicted molar refractivity (Wildman–Crippen MR) is 101 cm³/mol. The molecule has 1 saturated heterocycles. The largest absolute Gasteiger partial charge is 0.461 e. The summed E-state index contributed by atoms with van der Waals surface area (Å²) in [5.41, 5.74) is 1.93. The van der Waals surface area contributed by atoms with Gasteiger partial charge in [0.1, 0.15) is 0 Å². The van der Waals surface area contributed by atoms with E-state index in [0.29, 0.717) is 23.9 Å². The van der Waals surface area contributed by atoms with Crippen LogP contribution in [0.15, 0.2) is 51.6 Å². The number of nitrogens with one attached hydrogen (secondary N) is 1. The molecule has 0 saturated carbocycles. The molecule has 1 aliphatic rings. The number of para-hydroxylation sites is 1. The molecule has 0 bridgehead atoms. The summed E-state index contributed by atoms with van der Waals surface area (Å²) in [6.07, 6.45) is 2.17. The van der Waals surface area contributed by atoms with Gasteiger partial charge in [0, 0.05) is 38.2 Å². The molecule has 0 unspecified atom stereocenters. The minimum atomic E-state index is -0.0906. The maximum absolute atomic E-state index is 12.4. The van der Waals surface area contributed by atoms with Crippen LogP contribution in [-0.4, -0.2) is 47.3 Å². The number of benzene rings is 1. The number of anilines is 1. The van der Waals surface area contributed by atoms with E-state index in [1.165, 1.54) is 0 Å². The molecule has 146 valence electrons. The summed E-state index contributed by atoms with van der Waals surface area (Å²) in [7, 11) is 0. The quantitative estimate of drug-likeness (QED) is 0.671. The molecule has 8 nitrogen and oxygen atoms in total. The molecule has 1 amide bonds. The lowest BCUT2D eigenvalue weighted by molar-refractivity contribution is -0.116. The molecule has 8 heteroatoms. The van der Waals surface area contributed by atoms with Crippen molar-refractivity contribution in [3.8, 4) is 11.6 Å². The molecule has 3 aromatic rings. The summed E-state index contributed by atoms with van der Waals surface area (Å²) in [5, 5.41) is 6.87. The summed E-state index contributed by atoms with van der Waals surface area (Å²) in [5.74, 6) is 1.24. The van der Waals surface area contributed by atoms with Crippen molar-refractivity contribution in [3.63, 3.8) is 0 Å². The van der Waals surface area contributed by atoms with Crippen LogP contribution in [0.1, 0.15) is 17.9 Å². The normalized spacial score (nSPS) is 14.9. The average Bonchev–Trinajstić information content (AvgIpc) is 3.40. The van der Waals surface area contributed by atoms with E-state index in [-0.39, 0.29) is 12.3 Å². The van der Waals surface area contributed by atoms with Gasteiger partial charge in [-0.3, -0.25) is 9.69 Å². The van der Waals surface area contributed by atoms with Gasteiger partial charge in [0.15, 0.2) is 5.76 Å². The number of rotatable bonds is 7. The van der Waals surface area contributed by atoms with Crippen LogP contribution in [0.5, 0.6) is 0 Å². The van der Waals surface area contributed by atoms with Crippen LogP contribution in [0, 0.1) is 0 Å². The van der Waals surface area contributed by atoms with Gasteiger partial charge in [-0.1, -0.05) is 23.4 Å².